The molecular weight excluding hydrogens is 142 g/mol. The van der Waals surface area contributed by atoms with E-state index in [9.17, 15) is 4.79 Å². The molecule has 62 valence electrons. The van der Waals surface area contributed by atoms with E-state index in [0.29, 0.717) is 6.42 Å². The second kappa shape index (κ2) is 2.64. The van der Waals surface area contributed by atoms with Crippen LogP contribution in [0.5, 0.6) is 0 Å². The summed E-state index contributed by atoms with van der Waals surface area (Å²) in [5, 5.41) is 8.62. The van der Waals surface area contributed by atoms with Crippen LogP contribution in [-0.2, 0) is 4.79 Å². The quantitative estimate of drug-likeness (QED) is 0.621. The van der Waals surface area contributed by atoms with Crippen LogP contribution in [0.4, 0.5) is 0 Å². The predicted octanol–water partition coefficient (Wildman–Crippen LogP) is 1.33. The molecule has 1 aliphatic heterocycles. The normalized spacial score (nSPS) is 28.4. The second-order valence-electron chi connectivity index (χ2n) is 3.57. The van der Waals surface area contributed by atoms with Crippen molar-refractivity contribution in [2.45, 2.75) is 32.2 Å². The molecule has 11 heavy (non-hydrogen) atoms. The Morgan fingerprint density at radius 3 is 2.73 bits per heavy atom. The van der Waals surface area contributed by atoms with Crippen molar-refractivity contribution in [3.63, 3.8) is 0 Å². The van der Waals surface area contributed by atoms with Gasteiger partial charge < -0.3 is 5.11 Å². The highest BCUT2D eigenvalue weighted by molar-refractivity contribution is 5.89. The lowest BCUT2D eigenvalue weighted by atomic mass is 9.90. The minimum absolute atomic E-state index is 0.0497. The molecule has 3 nitrogen and oxygen atoms in total. The first-order valence-corrected chi connectivity index (χ1v) is 3.79. The Bertz CT molecular complexity index is 196. The summed E-state index contributed by atoms with van der Waals surface area (Å²) in [4.78, 5) is 14.6. The average molecular weight is 155 g/mol. The van der Waals surface area contributed by atoms with Gasteiger partial charge in [-0.05, 0) is 26.7 Å². The van der Waals surface area contributed by atoms with Crippen LogP contribution < -0.4 is 0 Å². The zero-order chi connectivity index (χ0) is 8.48. The topological polar surface area (TPSA) is 49.7 Å². The van der Waals surface area contributed by atoms with E-state index in [1.54, 1.807) is 6.21 Å². The number of aliphatic carboxylic acids is 1. The van der Waals surface area contributed by atoms with E-state index in [1.165, 1.54) is 0 Å². The smallest absolute Gasteiger partial charge is 0.311 e. The predicted molar refractivity (Wildman–Crippen MR) is 42.9 cm³/mol. The first kappa shape index (κ1) is 8.24. The first-order chi connectivity index (χ1) is 5.01. The number of carboxylic acids is 1. The molecular formula is C8H13NO2. The summed E-state index contributed by atoms with van der Waals surface area (Å²) in [7, 11) is 0. The number of rotatable bonds is 1. The van der Waals surface area contributed by atoms with Gasteiger partial charge in [0.25, 0.3) is 0 Å². The van der Waals surface area contributed by atoms with Gasteiger partial charge in [-0.15, -0.1) is 0 Å². The van der Waals surface area contributed by atoms with Gasteiger partial charge in [-0.1, -0.05) is 0 Å². The second-order valence-corrected chi connectivity index (χ2v) is 3.57. The van der Waals surface area contributed by atoms with Crippen molar-refractivity contribution < 1.29 is 9.90 Å². The molecule has 0 fully saturated rings. The van der Waals surface area contributed by atoms with E-state index < -0.39 is 5.97 Å². The van der Waals surface area contributed by atoms with Gasteiger partial charge in [0.05, 0.1) is 11.5 Å². The third kappa shape index (κ3) is 2.03. The summed E-state index contributed by atoms with van der Waals surface area (Å²) in [6.45, 7) is 4.03. The maximum atomic E-state index is 10.5. The van der Waals surface area contributed by atoms with E-state index in [4.69, 9.17) is 5.11 Å². The molecule has 3 heteroatoms. The molecule has 1 heterocycles. The zero-order valence-corrected chi connectivity index (χ0v) is 6.87. The van der Waals surface area contributed by atoms with Crippen LogP contribution in [0.25, 0.3) is 0 Å². The summed E-state index contributed by atoms with van der Waals surface area (Å²) < 4.78 is 0. The van der Waals surface area contributed by atoms with E-state index >= 15 is 0 Å². The Balaban J connectivity index is 2.63. The molecule has 0 saturated heterocycles. The highest BCUT2D eigenvalue weighted by Gasteiger charge is 2.26. The standard InChI is InChI=1S/C8H13NO2/c1-8(2)4-3-6(5-9-8)7(10)11/h5-6H,3-4H2,1-2H3,(H,10,11). The van der Waals surface area contributed by atoms with Crippen LogP contribution in [0, 0.1) is 5.92 Å². The fraction of sp³-hybridized carbons (Fsp3) is 0.750. The lowest BCUT2D eigenvalue weighted by molar-refractivity contribution is -0.139. The minimum atomic E-state index is -0.760. The first-order valence-electron chi connectivity index (χ1n) is 3.79. The molecule has 1 rings (SSSR count). The van der Waals surface area contributed by atoms with Crippen molar-refractivity contribution in [1.29, 1.82) is 0 Å². The maximum Gasteiger partial charge on any atom is 0.311 e. The minimum Gasteiger partial charge on any atom is -0.481 e. The molecule has 0 saturated carbocycles. The average Bonchev–Trinajstić information content (AvgIpc) is 1.86. The molecule has 1 N–H and O–H groups in total. The largest absolute Gasteiger partial charge is 0.481 e. The molecule has 0 amide bonds. The highest BCUT2D eigenvalue weighted by atomic mass is 16.4. The number of carbonyl (C=O) groups is 1. The summed E-state index contributed by atoms with van der Waals surface area (Å²) in [6.07, 6.45) is 3.14. The SMILES string of the molecule is CC1(C)CCC(C(=O)O)C=N1. The maximum absolute atomic E-state index is 10.5. The molecule has 0 spiro atoms. The zero-order valence-electron chi connectivity index (χ0n) is 6.87. The number of aliphatic imine (C=N–C) groups is 1. The lowest BCUT2D eigenvalue weighted by Crippen LogP contribution is -2.28. The van der Waals surface area contributed by atoms with Crippen molar-refractivity contribution in [3.8, 4) is 0 Å². The number of carboxylic acid groups (broad SMARTS) is 1. The van der Waals surface area contributed by atoms with Crippen molar-refractivity contribution >= 4 is 12.2 Å². The Morgan fingerprint density at radius 1 is 1.73 bits per heavy atom. The fourth-order valence-electron chi connectivity index (χ4n) is 1.13. The van der Waals surface area contributed by atoms with Crippen molar-refractivity contribution in [2.24, 2.45) is 10.9 Å². The molecule has 0 radical (unpaired) electrons. The molecule has 1 atom stereocenters. The van der Waals surface area contributed by atoms with E-state index in [-0.39, 0.29) is 11.5 Å². The van der Waals surface area contributed by atoms with Crippen LogP contribution in [0.2, 0.25) is 0 Å². The highest BCUT2D eigenvalue weighted by Crippen LogP contribution is 2.24. The molecule has 0 aliphatic carbocycles. The Kier molecular flexibility index (Phi) is 1.98. The van der Waals surface area contributed by atoms with Gasteiger partial charge in [0.2, 0.25) is 0 Å². The summed E-state index contributed by atoms with van der Waals surface area (Å²) in [5.74, 6) is -1.12. The van der Waals surface area contributed by atoms with E-state index in [1.807, 2.05) is 13.8 Å². The van der Waals surface area contributed by atoms with Gasteiger partial charge in [0.1, 0.15) is 0 Å². The summed E-state index contributed by atoms with van der Waals surface area (Å²) >= 11 is 0. The third-order valence-corrected chi connectivity index (χ3v) is 1.99. The Morgan fingerprint density at radius 2 is 2.36 bits per heavy atom. The van der Waals surface area contributed by atoms with E-state index in [2.05, 4.69) is 4.99 Å². The molecule has 0 aromatic heterocycles. The summed E-state index contributed by atoms with van der Waals surface area (Å²) in [6, 6.07) is 0. The van der Waals surface area contributed by atoms with E-state index in [0.717, 1.165) is 6.42 Å². The third-order valence-electron chi connectivity index (χ3n) is 1.99. The van der Waals surface area contributed by atoms with Gasteiger partial charge in [0, 0.05) is 6.21 Å². The fourth-order valence-corrected chi connectivity index (χ4v) is 1.13. The number of nitrogens with zero attached hydrogens (tertiary/aromatic N) is 1. The number of hydrogen-bond acceptors (Lipinski definition) is 2. The van der Waals surface area contributed by atoms with Crippen LogP contribution in [0.1, 0.15) is 26.7 Å². The number of hydrogen-bond donors (Lipinski definition) is 1. The molecule has 0 aromatic rings. The Labute approximate surface area is 66.1 Å². The van der Waals surface area contributed by atoms with Crippen LogP contribution in [-0.4, -0.2) is 22.8 Å². The van der Waals surface area contributed by atoms with Gasteiger partial charge in [-0.2, -0.15) is 0 Å². The van der Waals surface area contributed by atoms with Crippen molar-refractivity contribution in [2.75, 3.05) is 0 Å². The van der Waals surface area contributed by atoms with Gasteiger partial charge >= 0.3 is 5.97 Å². The van der Waals surface area contributed by atoms with Crippen LogP contribution in [0.15, 0.2) is 4.99 Å². The summed E-state index contributed by atoms with van der Waals surface area (Å²) in [5.41, 5.74) is -0.0497. The molecule has 0 aromatic carbocycles. The van der Waals surface area contributed by atoms with Gasteiger partial charge in [-0.3, -0.25) is 9.79 Å². The van der Waals surface area contributed by atoms with Gasteiger partial charge in [0.15, 0.2) is 0 Å². The molecule has 1 aliphatic rings. The van der Waals surface area contributed by atoms with Gasteiger partial charge in [-0.25, -0.2) is 0 Å². The van der Waals surface area contributed by atoms with Crippen molar-refractivity contribution in [3.05, 3.63) is 0 Å². The Hall–Kier alpha value is -0.860. The van der Waals surface area contributed by atoms with Crippen molar-refractivity contribution in [1.82, 2.24) is 0 Å². The molecule has 1 unspecified atom stereocenters. The lowest BCUT2D eigenvalue weighted by Gasteiger charge is -2.25. The molecule has 0 bridgehead atoms. The van der Waals surface area contributed by atoms with Crippen LogP contribution in [0.3, 0.4) is 0 Å². The van der Waals surface area contributed by atoms with Crippen LogP contribution >= 0.6 is 0 Å². The monoisotopic (exact) mass is 155 g/mol.